The third kappa shape index (κ3) is 3.85. The van der Waals surface area contributed by atoms with Gasteiger partial charge in [-0.1, -0.05) is 6.07 Å². The normalized spacial score (nSPS) is 21.5. The molecular weight excluding hydrogens is 317 g/mol. The second-order valence-electron chi connectivity index (χ2n) is 8.26. The Morgan fingerprint density at radius 1 is 1.20 bits per heavy atom. The maximum Gasteiger partial charge on any atom is 0.498 e. The Kier molecular flexibility index (Phi) is 4.62. The van der Waals surface area contributed by atoms with Gasteiger partial charge in [0.1, 0.15) is 5.75 Å². The lowest BCUT2D eigenvalue weighted by molar-refractivity contribution is 0.00578. The summed E-state index contributed by atoms with van der Waals surface area (Å²) < 4.78 is 18.3. The summed E-state index contributed by atoms with van der Waals surface area (Å²) in [4.78, 5) is 12.3. The average Bonchev–Trinajstić information content (AvgIpc) is 3.25. The molecule has 1 aliphatic heterocycles. The molecule has 1 saturated heterocycles. The van der Waals surface area contributed by atoms with Crippen molar-refractivity contribution in [3.8, 4) is 5.75 Å². The van der Waals surface area contributed by atoms with Crippen LogP contribution in [-0.4, -0.2) is 36.4 Å². The van der Waals surface area contributed by atoms with Crippen LogP contribution in [0.25, 0.3) is 0 Å². The molecule has 3 rings (SSSR count). The molecule has 0 spiro atoms. The SMILES string of the molecule is CC(C)Oc1cc(C(=O)NC2CC2)ccc1B1OC(C)(C)C(C)(C)O1. The molecule has 136 valence electrons. The highest BCUT2D eigenvalue weighted by atomic mass is 16.7. The van der Waals surface area contributed by atoms with E-state index in [0.717, 1.165) is 18.3 Å². The molecule has 6 heteroatoms. The van der Waals surface area contributed by atoms with Crippen molar-refractivity contribution in [1.82, 2.24) is 5.32 Å². The van der Waals surface area contributed by atoms with Crippen molar-refractivity contribution in [3.05, 3.63) is 23.8 Å². The summed E-state index contributed by atoms with van der Waals surface area (Å²) in [7, 11) is -0.515. The Hall–Kier alpha value is -1.53. The molecule has 2 aliphatic rings. The largest absolute Gasteiger partial charge is 0.498 e. The van der Waals surface area contributed by atoms with Gasteiger partial charge in [0.05, 0.1) is 17.3 Å². The van der Waals surface area contributed by atoms with E-state index in [1.807, 2.05) is 53.7 Å². The zero-order chi connectivity index (χ0) is 18.4. The van der Waals surface area contributed by atoms with Crippen LogP contribution in [0.4, 0.5) is 0 Å². The van der Waals surface area contributed by atoms with Gasteiger partial charge in [0, 0.05) is 17.1 Å². The molecule has 0 radical (unpaired) electrons. The van der Waals surface area contributed by atoms with Crippen molar-refractivity contribution >= 4 is 18.5 Å². The van der Waals surface area contributed by atoms with E-state index in [2.05, 4.69) is 5.32 Å². The van der Waals surface area contributed by atoms with Crippen LogP contribution in [0.1, 0.15) is 64.7 Å². The number of carbonyl (C=O) groups excluding carboxylic acids is 1. The van der Waals surface area contributed by atoms with Gasteiger partial charge < -0.3 is 19.4 Å². The topological polar surface area (TPSA) is 56.8 Å². The third-order valence-corrected chi connectivity index (χ3v) is 5.06. The minimum Gasteiger partial charge on any atom is -0.491 e. The average molecular weight is 345 g/mol. The van der Waals surface area contributed by atoms with Crippen molar-refractivity contribution in [2.75, 3.05) is 0 Å². The van der Waals surface area contributed by atoms with E-state index in [9.17, 15) is 4.79 Å². The van der Waals surface area contributed by atoms with E-state index >= 15 is 0 Å². The van der Waals surface area contributed by atoms with Crippen molar-refractivity contribution in [2.45, 2.75) is 77.7 Å². The number of amides is 1. The number of carbonyl (C=O) groups is 1. The summed E-state index contributed by atoms with van der Waals surface area (Å²) in [5, 5.41) is 3.01. The molecule has 0 atom stereocenters. The molecular formula is C19H28BNO4. The molecule has 1 N–H and O–H groups in total. The van der Waals surface area contributed by atoms with Crippen LogP contribution in [0, 0.1) is 0 Å². The van der Waals surface area contributed by atoms with Crippen molar-refractivity contribution in [2.24, 2.45) is 0 Å². The first-order valence-electron chi connectivity index (χ1n) is 9.06. The van der Waals surface area contributed by atoms with Gasteiger partial charge in [-0.3, -0.25) is 4.79 Å². The molecule has 0 aromatic heterocycles. The Morgan fingerprint density at radius 3 is 2.32 bits per heavy atom. The first-order valence-corrected chi connectivity index (χ1v) is 9.06. The smallest absolute Gasteiger partial charge is 0.491 e. The van der Waals surface area contributed by atoms with Crippen molar-refractivity contribution in [3.63, 3.8) is 0 Å². The fourth-order valence-corrected chi connectivity index (χ4v) is 2.69. The second-order valence-corrected chi connectivity index (χ2v) is 8.26. The van der Waals surface area contributed by atoms with E-state index in [1.165, 1.54) is 0 Å². The molecule has 1 aliphatic carbocycles. The molecule has 5 nitrogen and oxygen atoms in total. The van der Waals surface area contributed by atoms with E-state index in [1.54, 1.807) is 6.07 Å². The van der Waals surface area contributed by atoms with Crippen LogP contribution < -0.4 is 15.5 Å². The number of ether oxygens (including phenoxy) is 1. The molecule has 1 amide bonds. The lowest BCUT2D eigenvalue weighted by Crippen LogP contribution is -2.41. The van der Waals surface area contributed by atoms with Gasteiger partial charge in [-0.2, -0.15) is 0 Å². The van der Waals surface area contributed by atoms with Gasteiger partial charge >= 0.3 is 7.12 Å². The maximum atomic E-state index is 12.3. The summed E-state index contributed by atoms with van der Waals surface area (Å²) in [6.45, 7) is 12.0. The maximum absolute atomic E-state index is 12.3. The summed E-state index contributed by atoms with van der Waals surface area (Å²) in [6.07, 6.45) is 2.11. The van der Waals surface area contributed by atoms with Crippen molar-refractivity contribution < 1.29 is 18.8 Å². The number of rotatable bonds is 5. The van der Waals surface area contributed by atoms with E-state index in [0.29, 0.717) is 17.4 Å². The predicted octanol–water partition coefficient (Wildman–Crippen LogP) is 2.67. The van der Waals surface area contributed by atoms with Crippen LogP contribution in [0.3, 0.4) is 0 Å². The molecule has 0 bridgehead atoms. The quantitative estimate of drug-likeness (QED) is 0.834. The Balaban J connectivity index is 1.89. The lowest BCUT2D eigenvalue weighted by Gasteiger charge is -2.32. The summed E-state index contributed by atoms with van der Waals surface area (Å²) in [5.41, 5.74) is 0.571. The summed E-state index contributed by atoms with van der Waals surface area (Å²) in [6, 6.07) is 5.80. The predicted molar refractivity (Wildman–Crippen MR) is 98.4 cm³/mol. The fourth-order valence-electron chi connectivity index (χ4n) is 2.69. The molecule has 2 fully saturated rings. The van der Waals surface area contributed by atoms with E-state index in [4.69, 9.17) is 14.0 Å². The van der Waals surface area contributed by atoms with Gasteiger partial charge in [0.15, 0.2) is 0 Å². The van der Waals surface area contributed by atoms with Crippen LogP contribution >= 0.6 is 0 Å². The zero-order valence-electron chi connectivity index (χ0n) is 16.0. The first kappa shape index (κ1) is 18.3. The zero-order valence-corrected chi connectivity index (χ0v) is 16.0. The lowest BCUT2D eigenvalue weighted by atomic mass is 9.78. The van der Waals surface area contributed by atoms with Gasteiger partial charge in [0.25, 0.3) is 5.91 Å². The third-order valence-electron chi connectivity index (χ3n) is 5.06. The van der Waals surface area contributed by atoms with Gasteiger partial charge in [-0.05, 0) is 66.5 Å². The Bertz CT molecular complexity index is 651. The monoisotopic (exact) mass is 345 g/mol. The minimum atomic E-state index is -0.515. The molecule has 25 heavy (non-hydrogen) atoms. The summed E-state index contributed by atoms with van der Waals surface area (Å²) in [5.74, 6) is 0.577. The standard InChI is InChI=1S/C19H28BNO4/c1-12(2)23-16-11-13(17(22)21-14-8-9-14)7-10-15(16)20-24-18(3,4)19(5,6)25-20/h7,10-12,14H,8-9H2,1-6H3,(H,21,22). The van der Waals surface area contributed by atoms with Crippen LogP contribution in [0.2, 0.25) is 0 Å². The fraction of sp³-hybridized carbons (Fsp3) is 0.632. The van der Waals surface area contributed by atoms with E-state index in [-0.39, 0.29) is 12.0 Å². The highest BCUT2D eigenvalue weighted by Gasteiger charge is 2.52. The first-order chi connectivity index (χ1) is 11.6. The molecule has 1 aromatic rings. The van der Waals surface area contributed by atoms with Crippen molar-refractivity contribution in [1.29, 1.82) is 0 Å². The number of benzene rings is 1. The number of nitrogens with one attached hydrogen (secondary N) is 1. The minimum absolute atomic E-state index is 0.0112. The van der Waals surface area contributed by atoms with Gasteiger partial charge in [-0.25, -0.2) is 0 Å². The highest BCUT2D eigenvalue weighted by Crippen LogP contribution is 2.37. The second kappa shape index (κ2) is 6.33. The van der Waals surface area contributed by atoms with Gasteiger partial charge in [0.2, 0.25) is 0 Å². The Labute approximate surface area is 150 Å². The van der Waals surface area contributed by atoms with E-state index < -0.39 is 18.3 Å². The van der Waals surface area contributed by atoms with Crippen LogP contribution in [0.15, 0.2) is 18.2 Å². The molecule has 1 saturated carbocycles. The molecule has 1 aromatic carbocycles. The van der Waals surface area contributed by atoms with Crippen LogP contribution in [-0.2, 0) is 9.31 Å². The van der Waals surface area contributed by atoms with Gasteiger partial charge in [-0.15, -0.1) is 0 Å². The molecule has 0 unspecified atom stereocenters. The highest BCUT2D eigenvalue weighted by molar-refractivity contribution is 6.63. The summed E-state index contributed by atoms with van der Waals surface area (Å²) >= 11 is 0. The molecule has 1 heterocycles. The number of hydrogen-bond donors (Lipinski definition) is 1. The number of hydrogen-bond acceptors (Lipinski definition) is 4. The Morgan fingerprint density at radius 2 is 1.80 bits per heavy atom. The van der Waals surface area contributed by atoms with Crippen LogP contribution in [0.5, 0.6) is 5.75 Å².